The van der Waals surface area contributed by atoms with Crippen molar-refractivity contribution in [1.29, 1.82) is 5.26 Å². The molecule has 0 N–H and O–H groups in total. The first-order valence-electron chi connectivity index (χ1n) is 6.73. The molecule has 1 atom stereocenters. The second kappa shape index (κ2) is 6.53. The molecule has 0 amide bonds. The lowest BCUT2D eigenvalue weighted by molar-refractivity contribution is 0.151. The van der Waals surface area contributed by atoms with Gasteiger partial charge in [0.2, 0.25) is 0 Å². The van der Waals surface area contributed by atoms with Gasteiger partial charge in [-0.1, -0.05) is 6.42 Å². The van der Waals surface area contributed by atoms with E-state index in [4.69, 9.17) is 10.00 Å². The summed E-state index contributed by atoms with van der Waals surface area (Å²) in [7, 11) is 2.13. The van der Waals surface area contributed by atoms with E-state index in [-0.39, 0.29) is 5.75 Å². The summed E-state index contributed by atoms with van der Waals surface area (Å²) in [5, 5.41) is 8.67. The van der Waals surface area contributed by atoms with Crippen LogP contribution in [0.3, 0.4) is 0 Å². The average molecular weight is 262 g/mol. The third kappa shape index (κ3) is 3.68. The number of hydrogen-bond acceptors (Lipinski definition) is 3. The van der Waals surface area contributed by atoms with Crippen molar-refractivity contribution in [1.82, 2.24) is 4.90 Å². The summed E-state index contributed by atoms with van der Waals surface area (Å²) < 4.78 is 19.1. The minimum Gasteiger partial charge on any atom is -0.490 e. The van der Waals surface area contributed by atoms with Gasteiger partial charge < -0.3 is 9.64 Å². The lowest BCUT2D eigenvalue weighted by atomic mass is 10.0. The van der Waals surface area contributed by atoms with Crippen LogP contribution < -0.4 is 4.74 Å². The molecule has 0 aliphatic carbocycles. The molecule has 1 aliphatic heterocycles. The molecule has 1 heterocycles. The molecule has 3 nitrogen and oxygen atoms in total. The minimum absolute atomic E-state index is 0.234. The molecule has 1 aromatic carbocycles. The predicted octanol–water partition coefficient (Wildman–Crippen LogP) is 2.95. The summed E-state index contributed by atoms with van der Waals surface area (Å²) in [5.74, 6) is -0.228. The zero-order chi connectivity index (χ0) is 13.7. The number of nitriles is 1. The lowest BCUT2D eigenvalue weighted by Gasteiger charge is -2.32. The molecule has 2 rings (SSSR count). The molecule has 4 heteroatoms. The highest BCUT2D eigenvalue weighted by Crippen LogP contribution is 2.21. The Balaban J connectivity index is 1.84. The maximum absolute atomic E-state index is 13.6. The Bertz CT molecular complexity index is 470. The maximum atomic E-state index is 13.6. The van der Waals surface area contributed by atoms with Crippen LogP contribution in [-0.4, -0.2) is 31.1 Å². The molecule has 1 unspecified atom stereocenters. The summed E-state index contributed by atoms with van der Waals surface area (Å²) >= 11 is 0. The van der Waals surface area contributed by atoms with E-state index in [1.165, 1.54) is 31.4 Å². The number of rotatable bonds is 4. The van der Waals surface area contributed by atoms with Crippen LogP contribution in [0.4, 0.5) is 4.39 Å². The van der Waals surface area contributed by atoms with E-state index in [0.29, 0.717) is 18.2 Å². The molecule has 0 aromatic heterocycles. The Kier molecular flexibility index (Phi) is 4.75. The SMILES string of the molecule is CN1CCCCC1CCOc1ccc(C#N)cc1F. The third-order valence-electron chi connectivity index (χ3n) is 3.69. The number of likely N-dealkylation sites (tertiary alicyclic amines) is 1. The first kappa shape index (κ1) is 13.8. The Labute approximate surface area is 113 Å². The molecule has 0 bridgehead atoms. The molecular weight excluding hydrogens is 243 g/mol. The van der Waals surface area contributed by atoms with E-state index in [0.717, 1.165) is 13.0 Å². The zero-order valence-corrected chi connectivity index (χ0v) is 11.2. The van der Waals surface area contributed by atoms with E-state index >= 15 is 0 Å². The summed E-state index contributed by atoms with van der Waals surface area (Å²) in [5.41, 5.74) is 0.317. The van der Waals surface area contributed by atoms with Gasteiger partial charge in [-0.2, -0.15) is 5.26 Å². The van der Waals surface area contributed by atoms with Crippen molar-refractivity contribution in [3.8, 4) is 11.8 Å². The van der Waals surface area contributed by atoms with Crippen LogP contribution in [0.15, 0.2) is 18.2 Å². The second-order valence-corrected chi connectivity index (χ2v) is 5.02. The number of hydrogen-bond donors (Lipinski definition) is 0. The number of benzene rings is 1. The van der Waals surface area contributed by atoms with Crippen molar-refractivity contribution >= 4 is 0 Å². The van der Waals surface area contributed by atoms with Crippen LogP contribution in [0.2, 0.25) is 0 Å². The van der Waals surface area contributed by atoms with Crippen LogP contribution >= 0.6 is 0 Å². The molecule has 102 valence electrons. The molecule has 0 saturated carbocycles. The summed E-state index contributed by atoms with van der Waals surface area (Å²) in [6.07, 6.45) is 4.63. The van der Waals surface area contributed by atoms with Crippen LogP contribution in [0.25, 0.3) is 0 Å². The van der Waals surface area contributed by atoms with Crippen LogP contribution in [0.5, 0.6) is 5.75 Å². The van der Waals surface area contributed by atoms with Crippen LogP contribution in [0.1, 0.15) is 31.2 Å². The van der Waals surface area contributed by atoms with Gasteiger partial charge in [0.1, 0.15) is 0 Å². The Morgan fingerprint density at radius 2 is 2.32 bits per heavy atom. The van der Waals surface area contributed by atoms with E-state index in [9.17, 15) is 4.39 Å². The van der Waals surface area contributed by atoms with E-state index < -0.39 is 5.82 Å². The van der Waals surface area contributed by atoms with Crippen molar-refractivity contribution in [2.75, 3.05) is 20.2 Å². The van der Waals surface area contributed by atoms with Crippen molar-refractivity contribution in [2.24, 2.45) is 0 Å². The van der Waals surface area contributed by atoms with Gasteiger partial charge >= 0.3 is 0 Å². The molecular formula is C15H19FN2O. The maximum Gasteiger partial charge on any atom is 0.166 e. The summed E-state index contributed by atoms with van der Waals surface area (Å²) in [6.45, 7) is 1.65. The Morgan fingerprint density at radius 1 is 1.47 bits per heavy atom. The fourth-order valence-electron chi connectivity index (χ4n) is 2.50. The highest BCUT2D eigenvalue weighted by Gasteiger charge is 2.18. The van der Waals surface area contributed by atoms with Gasteiger partial charge in [0.05, 0.1) is 18.2 Å². The highest BCUT2D eigenvalue weighted by atomic mass is 19.1. The lowest BCUT2D eigenvalue weighted by Crippen LogP contribution is -2.37. The largest absolute Gasteiger partial charge is 0.490 e. The number of nitrogens with zero attached hydrogens (tertiary/aromatic N) is 2. The van der Waals surface area contributed by atoms with E-state index in [1.807, 2.05) is 6.07 Å². The van der Waals surface area contributed by atoms with Gasteiger partial charge in [0, 0.05) is 6.04 Å². The van der Waals surface area contributed by atoms with Gasteiger partial charge in [-0.15, -0.1) is 0 Å². The van der Waals surface area contributed by atoms with Crippen molar-refractivity contribution in [2.45, 2.75) is 31.7 Å². The first-order valence-corrected chi connectivity index (χ1v) is 6.73. The normalized spacial score (nSPS) is 19.9. The van der Waals surface area contributed by atoms with Crippen LogP contribution in [-0.2, 0) is 0 Å². The number of halogens is 1. The second-order valence-electron chi connectivity index (χ2n) is 5.02. The van der Waals surface area contributed by atoms with Crippen molar-refractivity contribution < 1.29 is 9.13 Å². The Hall–Kier alpha value is -1.60. The van der Waals surface area contributed by atoms with Crippen molar-refractivity contribution in [3.05, 3.63) is 29.6 Å². The third-order valence-corrected chi connectivity index (χ3v) is 3.69. The predicted molar refractivity (Wildman–Crippen MR) is 71.5 cm³/mol. The molecule has 19 heavy (non-hydrogen) atoms. The summed E-state index contributed by atoms with van der Waals surface area (Å²) in [4.78, 5) is 2.35. The molecule has 0 radical (unpaired) electrons. The highest BCUT2D eigenvalue weighted by molar-refractivity contribution is 5.35. The van der Waals surface area contributed by atoms with Gasteiger partial charge in [-0.3, -0.25) is 0 Å². The summed E-state index contributed by atoms with van der Waals surface area (Å²) in [6, 6.07) is 6.75. The van der Waals surface area contributed by atoms with Crippen molar-refractivity contribution in [3.63, 3.8) is 0 Å². The zero-order valence-electron chi connectivity index (χ0n) is 11.2. The number of ether oxygens (including phenoxy) is 1. The van der Waals surface area contributed by atoms with Gasteiger partial charge in [-0.25, -0.2) is 4.39 Å². The number of piperidine rings is 1. The van der Waals surface area contributed by atoms with Crippen LogP contribution in [0, 0.1) is 17.1 Å². The average Bonchev–Trinajstić information content (AvgIpc) is 2.42. The first-order chi connectivity index (χ1) is 9.20. The minimum atomic E-state index is -0.462. The van der Waals surface area contributed by atoms with E-state index in [1.54, 1.807) is 6.07 Å². The fraction of sp³-hybridized carbons (Fsp3) is 0.533. The van der Waals surface area contributed by atoms with Gasteiger partial charge in [0.15, 0.2) is 11.6 Å². The molecule has 0 spiro atoms. The molecule has 1 saturated heterocycles. The van der Waals surface area contributed by atoms with Gasteiger partial charge in [0.25, 0.3) is 0 Å². The fourth-order valence-corrected chi connectivity index (χ4v) is 2.50. The molecule has 1 aliphatic rings. The van der Waals surface area contributed by atoms with E-state index in [2.05, 4.69) is 11.9 Å². The topological polar surface area (TPSA) is 36.3 Å². The monoisotopic (exact) mass is 262 g/mol. The Morgan fingerprint density at radius 3 is 3.00 bits per heavy atom. The standard InChI is InChI=1S/C15H19FN2O/c1-18-8-3-2-4-13(18)7-9-19-15-6-5-12(11-17)10-14(15)16/h5-6,10,13H,2-4,7-9H2,1H3. The van der Waals surface area contributed by atoms with Gasteiger partial charge in [-0.05, 0) is 51.1 Å². The molecule has 1 aromatic rings. The molecule has 1 fully saturated rings. The quantitative estimate of drug-likeness (QED) is 0.837. The smallest absolute Gasteiger partial charge is 0.166 e.